The molecule has 2 aromatic carbocycles. The number of fused-ring (bicyclic) bond motifs is 1. The molecule has 2 aliphatic heterocycles. The van der Waals surface area contributed by atoms with Gasteiger partial charge in [-0.2, -0.15) is 0 Å². The van der Waals surface area contributed by atoms with E-state index in [2.05, 4.69) is 46.8 Å². The van der Waals surface area contributed by atoms with Crippen LogP contribution in [0.2, 0.25) is 0 Å². The minimum atomic E-state index is -0.0450. The van der Waals surface area contributed by atoms with Gasteiger partial charge < -0.3 is 29.6 Å². The Labute approximate surface area is 190 Å². The number of nitrogens with one attached hydrogen (secondary N) is 2. The minimum Gasteiger partial charge on any atom is -0.496 e. The summed E-state index contributed by atoms with van der Waals surface area (Å²) in [5.74, 6) is 3.35. The number of benzene rings is 2. The highest BCUT2D eigenvalue weighted by molar-refractivity contribution is 5.79. The lowest BCUT2D eigenvalue weighted by Gasteiger charge is -2.38. The predicted octanol–water partition coefficient (Wildman–Crippen LogP) is 3.19. The molecule has 0 atom stereocenters. The highest BCUT2D eigenvalue weighted by Crippen LogP contribution is 2.40. The topological polar surface area (TPSA) is 73.3 Å². The van der Waals surface area contributed by atoms with Crippen LogP contribution in [0.3, 0.4) is 0 Å². The summed E-state index contributed by atoms with van der Waals surface area (Å²) >= 11 is 0. The van der Waals surface area contributed by atoms with E-state index in [-0.39, 0.29) is 12.2 Å². The van der Waals surface area contributed by atoms with E-state index in [1.54, 1.807) is 14.2 Å². The molecule has 2 aliphatic rings. The van der Waals surface area contributed by atoms with Crippen molar-refractivity contribution in [2.45, 2.75) is 31.6 Å². The summed E-state index contributed by atoms with van der Waals surface area (Å²) in [7, 11) is 3.52. The predicted molar refractivity (Wildman–Crippen MR) is 125 cm³/mol. The smallest absolute Gasteiger partial charge is 0.231 e. The zero-order valence-corrected chi connectivity index (χ0v) is 19.2. The number of aliphatic imine (C=N–C) groups is 1. The molecule has 1 saturated heterocycles. The molecule has 7 heteroatoms. The highest BCUT2D eigenvalue weighted by atomic mass is 16.7. The molecular formula is C25H33N3O4. The lowest BCUT2D eigenvalue weighted by molar-refractivity contribution is 0.0513. The number of hydrogen-bond donors (Lipinski definition) is 2. The summed E-state index contributed by atoms with van der Waals surface area (Å²) in [4.78, 5) is 4.43. The van der Waals surface area contributed by atoms with Crippen LogP contribution in [0.1, 0.15) is 29.5 Å². The fourth-order valence-electron chi connectivity index (χ4n) is 4.45. The van der Waals surface area contributed by atoms with Crippen molar-refractivity contribution < 1.29 is 18.9 Å². The van der Waals surface area contributed by atoms with E-state index in [0.717, 1.165) is 68.8 Å². The maximum Gasteiger partial charge on any atom is 0.231 e. The van der Waals surface area contributed by atoms with Gasteiger partial charge in [-0.15, -0.1) is 0 Å². The van der Waals surface area contributed by atoms with Gasteiger partial charge in [0.1, 0.15) is 5.75 Å². The van der Waals surface area contributed by atoms with Crippen LogP contribution < -0.4 is 24.8 Å². The molecule has 172 valence electrons. The molecule has 2 N–H and O–H groups in total. The molecule has 0 amide bonds. The fraction of sp³-hybridized carbons (Fsp3) is 0.480. The van der Waals surface area contributed by atoms with Gasteiger partial charge in [0.15, 0.2) is 17.5 Å². The third-order valence-electron chi connectivity index (χ3n) is 6.38. The van der Waals surface area contributed by atoms with Crippen molar-refractivity contribution in [2.75, 3.05) is 47.3 Å². The maximum atomic E-state index is 5.68. The number of ether oxygens (including phenoxy) is 4. The van der Waals surface area contributed by atoms with Crippen molar-refractivity contribution in [1.29, 1.82) is 0 Å². The minimum absolute atomic E-state index is 0.0450. The summed E-state index contributed by atoms with van der Waals surface area (Å²) in [5.41, 5.74) is 3.62. The average Bonchev–Trinajstić information content (AvgIpc) is 3.30. The van der Waals surface area contributed by atoms with Crippen LogP contribution in [0.25, 0.3) is 0 Å². The van der Waals surface area contributed by atoms with Crippen LogP contribution in [0.5, 0.6) is 17.2 Å². The first kappa shape index (κ1) is 22.3. The van der Waals surface area contributed by atoms with E-state index in [1.807, 2.05) is 12.1 Å². The monoisotopic (exact) mass is 439 g/mol. The molecule has 0 spiro atoms. The van der Waals surface area contributed by atoms with Crippen LogP contribution in [0, 0.1) is 6.92 Å². The van der Waals surface area contributed by atoms with Crippen LogP contribution >= 0.6 is 0 Å². The van der Waals surface area contributed by atoms with Gasteiger partial charge in [0, 0.05) is 38.8 Å². The lowest BCUT2D eigenvalue weighted by Crippen LogP contribution is -2.48. The number of methoxy groups -OCH3 is 1. The summed E-state index contributed by atoms with van der Waals surface area (Å²) in [6.45, 7) is 5.41. The molecule has 7 nitrogen and oxygen atoms in total. The Morgan fingerprint density at radius 1 is 1.06 bits per heavy atom. The zero-order valence-electron chi connectivity index (χ0n) is 19.2. The third-order valence-corrected chi connectivity index (χ3v) is 6.38. The molecule has 0 saturated carbocycles. The maximum absolute atomic E-state index is 5.68. The Morgan fingerprint density at radius 2 is 1.88 bits per heavy atom. The second-order valence-corrected chi connectivity index (χ2v) is 8.38. The Hall–Kier alpha value is -2.93. The number of aryl methyl sites for hydroxylation is 1. The van der Waals surface area contributed by atoms with Gasteiger partial charge in [-0.05, 0) is 55.5 Å². The molecule has 2 aromatic rings. The van der Waals surface area contributed by atoms with Gasteiger partial charge in [-0.25, -0.2) is 0 Å². The first-order chi connectivity index (χ1) is 15.6. The van der Waals surface area contributed by atoms with Gasteiger partial charge in [-0.3, -0.25) is 4.99 Å². The van der Waals surface area contributed by atoms with Crippen LogP contribution in [-0.4, -0.2) is 53.2 Å². The van der Waals surface area contributed by atoms with E-state index in [4.69, 9.17) is 18.9 Å². The molecule has 1 fully saturated rings. The fourth-order valence-corrected chi connectivity index (χ4v) is 4.45. The van der Waals surface area contributed by atoms with Crippen molar-refractivity contribution in [2.24, 2.45) is 4.99 Å². The largest absolute Gasteiger partial charge is 0.496 e. The average molecular weight is 440 g/mol. The second-order valence-electron chi connectivity index (χ2n) is 8.38. The number of nitrogens with zero attached hydrogens (tertiary/aromatic N) is 1. The molecule has 0 aromatic heterocycles. The van der Waals surface area contributed by atoms with Crippen molar-refractivity contribution >= 4 is 5.96 Å². The lowest BCUT2D eigenvalue weighted by atomic mass is 9.74. The first-order valence-corrected chi connectivity index (χ1v) is 11.2. The Kier molecular flexibility index (Phi) is 7.05. The van der Waals surface area contributed by atoms with Gasteiger partial charge in [0.05, 0.1) is 7.11 Å². The molecule has 0 unspecified atom stereocenters. The summed E-state index contributed by atoms with van der Waals surface area (Å²) in [5, 5.41) is 7.00. The van der Waals surface area contributed by atoms with E-state index in [0.29, 0.717) is 0 Å². The summed E-state index contributed by atoms with van der Waals surface area (Å²) in [6.07, 6.45) is 2.74. The Morgan fingerprint density at radius 3 is 2.66 bits per heavy atom. The first-order valence-electron chi connectivity index (χ1n) is 11.2. The SMILES string of the molecule is CN=C(NCCc1cc(C)ccc1OC)NCC1(c2ccc3c(c2)OCO3)CCOCC1. The number of rotatable bonds is 7. The zero-order chi connectivity index (χ0) is 22.4. The number of hydrogen-bond acceptors (Lipinski definition) is 5. The van der Waals surface area contributed by atoms with Gasteiger partial charge in [-0.1, -0.05) is 23.8 Å². The molecule has 0 bridgehead atoms. The molecule has 2 heterocycles. The Bertz CT molecular complexity index is 954. The van der Waals surface area contributed by atoms with Crippen molar-refractivity contribution in [1.82, 2.24) is 10.6 Å². The normalized spacial score (nSPS) is 17.2. The van der Waals surface area contributed by atoms with Crippen LogP contribution in [-0.2, 0) is 16.6 Å². The van der Waals surface area contributed by atoms with Gasteiger partial charge >= 0.3 is 0 Å². The van der Waals surface area contributed by atoms with E-state index in [9.17, 15) is 0 Å². The van der Waals surface area contributed by atoms with Crippen LogP contribution in [0.4, 0.5) is 0 Å². The molecule has 32 heavy (non-hydrogen) atoms. The summed E-state index contributed by atoms with van der Waals surface area (Å²) in [6, 6.07) is 12.6. The number of guanidine groups is 1. The molecule has 4 rings (SSSR count). The van der Waals surface area contributed by atoms with E-state index < -0.39 is 0 Å². The third kappa shape index (κ3) is 4.93. The second kappa shape index (κ2) is 10.1. The summed E-state index contributed by atoms with van der Waals surface area (Å²) < 4.78 is 22.3. The van der Waals surface area contributed by atoms with Crippen molar-refractivity contribution in [3.8, 4) is 17.2 Å². The molecule has 0 radical (unpaired) electrons. The highest BCUT2D eigenvalue weighted by Gasteiger charge is 2.35. The van der Waals surface area contributed by atoms with Crippen molar-refractivity contribution in [3.63, 3.8) is 0 Å². The molecular weight excluding hydrogens is 406 g/mol. The quantitative estimate of drug-likeness (QED) is 0.510. The van der Waals surface area contributed by atoms with E-state index >= 15 is 0 Å². The van der Waals surface area contributed by atoms with Gasteiger partial charge in [0.25, 0.3) is 0 Å². The Balaban J connectivity index is 1.39. The van der Waals surface area contributed by atoms with Gasteiger partial charge in [0.2, 0.25) is 6.79 Å². The van der Waals surface area contributed by atoms with Crippen molar-refractivity contribution in [3.05, 3.63) is 53.1 Å². The van der Waals surface area contributed by atoms with E-state index in [1.165, 1.54) is 16.7 Å². The standard InChI is InChI=1S/C25H33N3O4/c1-18-4-6-21(29-3)19(14-18)8-11-27-24(26-2)28-16-25(9-12-30-13-10-25)20-5-7-22-23(15-20)32-17-31-22/h4-7,14-15H,8-13,16-17H2,1-3H3,(H2,26,27,28). The van der Waals surface area contributed by atoms with Crippen LogP contribution in [0.15, 0.2) is 41.4 Å². The molecule has 0 aliphatic carbocycles.